The highest BCUT2D eigenvalue weighted by atomic mass is 35.5. The van der Waals surface area contributed by atoms with Crippen LogP contribution in [0.25, 0.3) is 0 Å². The van der Waals surface area contributed by atoms with E-state index in [2.05, 4.69) is 36.2 Å². The third-order valence-corrected chi connectivity index (χ3v) is 4.53. The van der Waals surface area contributed by atoms with E-state index in [1.54, 1.807) is 0 Å². The molecule has 4 nitrogen and oxygen atoms in total. The van der Waals surface area contributed by atoms with Crippen molar-refractivity contribution in [2.24, 2.45) is 0 Å². The number of hydrogen-bond acceptors (Lipinski definition) is 3. The molecule has 2 aliphatic rings. The molecule has 3 rings (SSSR count). The molecule has 1 aliphatic heterocycles. The fourth-order valence-electron chi connectivity index (χ4n) is 3.60. The van der Waals surface area contributed by atoms with Gasteiger partial charge in [0.2, 0.25) is 5.91 Å². The molecule has 1 aromatic carbocycles. The fraction of sp³-hybridized carbons (Fsp3) is 0.611. The third-order valence-electron chi connectivity index (χ3n) is 4.53. The van der Waals surface area contributed by atoms with E-state index in [1.807, 2.05) is 6.07 Å². The van der Waals surface area contributed by atoms with Crippen molar-refractivity contribution in [1.29, 1.82) is 0 Å². The van der Waals surface area contributed by atoms with Gasteiger partial charge < -0.3 is 10.1 Å². The number of morpholine rings is 1. The Morgan fingerprint density at radius 3 is 2.65 bits per heavy atom. The number of anilines is 1. The van der Waals surface area contributed by atoms with Crippen molar-refractivity contribution in [3.63, 3.8) is 0 Å². The number of benzene rings is 1. The molecule has 0 radical (unpaired) electrons. The molecule has 1 aromatic rings. The topological polar surface area (TPSA) is 41.6 Å². The average Bonchev–Trinajstić information content (AvgIpc) is 2.92. The van der Waals surface area contributed by atoms with Crippen molar-refractivity contribution in [3.05, 3.63) is 29.3 Å². The van der Waals surface area contributed by atoms with Crippen LogP contribution in [0.2, 0.25) is 0 Å². The highest BCUT2D eigenvalue weighted by molar-refractivity contribution is 5.91. The van der Waals surface area contributed by atoms with Crippen LogP contribution in [-0.2, 0) is 22.4 Å². The number of fused-ring (bicyclic) bond motifs is 1. The molecule has 1 N–H and O–H groups in total. The maximum absolute atomic E-state index is 12.1. The molecule has 1 aliphatic carbocycles. The molecule has 23 heavy (non-hydrogen) atoms. The molecule has 1 heterocycles. The van der Waals surface area contributed by atoms with E-state index in [-0.39, 0.29) is 30.5 Å². The predicted octanol–water partition coefficient (Wildman–Crippen LogP) is 3.03. The standard InChI is InChI=1S/C18H26N2O2.ClH/c1-13-11-20(12-14(2)22-13)9-8-18(21)19-17-7-6-15-4-3-5-16(15)10-17;/h6-7,10,13-14H,3-5,8-9,11-12H2,1-2H3,(H,19,21);1H. The lowest BCUT2D eigenvalue weighted by atomic mass is 10.1. The van der Waals surface area contributed by atoms with Gasteiger partial charge in [0.05, 0.1) is 12.2 Å². The normalized spacial score (nSPS) is 23.9. The van der Waals surface area contributed by atoms with Crippen LogP contribution in [0.1, 0.15) is 37.8 Å². The van der Waals surface area contributed by atoms with Gasteiger partial charge in [-0.2, -0.15) is 0 Å². The molecule has 2 atom stereocenters. The fourth-order valence-corrected chi connectivity index (χ4v) is 3.60. The van der Waals surface area contributed by atoms with E-state index in [4.69, 9.17) is 4.74 Å². The Morgan fingerprint density at radius 1 is 1.22 bits per heavy atom. The number of amides is 1. The maximum atomic E-state index is 12.1. The van der Waals surface area contributed by atoms with E-state index >= 15 is 0 Å². The van der Waals surface area contributed by atoms with Gasteiger partial charge in [-0.05, 0) is 56.4 Å². The lowest BCUT2D eigenvalue weighted by Crippen LogP contribution is -2.46. The van der Waals surface area contributed by atoms with Crippen molar-refractivity contribution >= 4 is 24.0 Å². The van der Waals surface area contributed by atoms with E-state index < -0.39 is 0 Å². The first-order chi connectivity index (χ1) is 10.6. The zero-order valence-electron chi connectivity index (χ0n) is 14.0. The number of nitrogens with zero attached hydrogens (tertiary/aromatic N) is 1. The summed E-state index contributed by atoms with van der Waals surface area (Å²) < 4.78 is 5.72. The summed E-state index contributed by atoms with van der Waals surface area (Å²) in [5.41, 5.74) is 3.78. The molecular formula is C18H27ClN2O2. The van der Waals surface area contributed by atoms with Gasteiger partial charge in [-0.15, -0.1) is 12.4 Å². The van der Waals surface area contributed by atoms with Gasteiger partial charge in [0.1, 0.15) is 0 Å². The van der Waals surface area contributed by atoms with Crippen molar-refractivity contribution < 1.29 is 9.53 Å². The van der Waals surface area contributed by atoms with Gasteiger partial charge in [-0.3, -0.25) is 9.69 Å². The highest BCUT2D eigenvalue weighted by Crippen LogP contribution is 2.25. The number of ether oxygens (including phenoxy) is 1. The zero-order valence-corrected chi connectivity index (χ0v) is 14.8. The highest BCUT2D eigenvalue weighted by Gasteiger charge is 2.22. The molecular weight excluding hydrogens is 312 g/mol. The number of nitrogens with one attached hydrogen (secondary N) is 1. The van der Waals surface area contributed by atoms with Gasteiger partial charge in [-0.1, -0.05) is 6.07 Å². The average molecular weight is 339 g/mol. The summed E-state index contributed by atoms with van der Waals surface area (Å²) in [6.45, 7) is 6.81. The first-order valence-corrected chi connectivity index (χ1v) is 8.39. The van der Waals surface area contributed by atoms with Gasteiger partial charge in [0.25, 0.3) is 0 Å². The minimum atomic E-state index is 0. The number of halogens is 1. The first kappa shape index (κ1) is 18.2. The lowest BCUT2D eigenvalue weighted by Gasteiger charge is -2.35. The predicted molar refractivity (Wildman–Crippen MR) is 95.4 cm³/mol. The van der Waals surface area contributed by atoms with Gasteiger partial charge in [0.15, 0.2) is 0 Å². The third kappa shape index (κ3) is 4.93. The zero-order chi connectivity index (χ0) is 15.5. The molecule has 0 bridgehead atoms. The Labute approximate surface area is 145 Å². The molecule has 1 fully saturated rings. The monoisotopic (exact) mass is 338 g/mol. The summed E-state index contributed by atoms with van der Waals surface area (Å²) in [5, 5.41) is 3.04. The Kier molecular flexibility index (Phi) is 6.45. The summed E-state index contributed by atoms with van der Waals surface area (Å²) in [7, 11) is 0. The van der Waals surface area contributed by atoms with Crippen LogP contribution in [-0.4, -0.2) is 42.6 Å². The first-order valence-electron chi connectivity index (χ1n) is 8.39. The summed E-state index contributed by atoms with van der Waals surface area (Å²) in [5.74, 6) is 0.102. The molecule has 2 unspecified atom stereocenters. The molecule has 0 spiro atoms. The van der Waals surface area contributed by atoms with E-state index in [9.17, 15) is 4.79 Å². The minimum absolute atomic E-state index is 0. The Bertz CT molecular complexity index is 540. The smallest absolute Gasteiger partial charge is 0.225 e. The molecule has 1 saturated heterocycles. The van der Waals surface area contributed by atoms with E-state index in [1.165, 1.54) is 24.0 Å². The van der Waals surface area contributed by atoms with Crippen molar-refractivity contribution in [3.8, 4) is 0 Å². The van der Waals surface area contributed by atoms with Crippen LogP contribution in [0.4, 0.5) is 5.69 Å². The van der Waals surface area contributed by atoms with Crippen molar-refractivity contribution in [2.75, 3.05) is 25.0 Å². The molecule has 0 aromatic heterocycles. The van der Waals surface area contributed by atoms with Crippen LogP contribution < -0.4 is 5.32 Å². The summed E-state index contributed by atoms with van der Waals surface area (Å²) in [6.07, 6.45) is 4.60. The van der Waals surface area contributed by atoms with Gasteiger partial charge >= 0.3 is 0 Å². The summed E-state index contributed by atoms with van der Waals surface area (Å²) in [6, 6.07) is 6.32. The van der Waals surface area contributed by atoms with Crippen LogP contribution >= 0.6 is 12.4 Å². The molecule has 5 heteroatoms. The van der Waals surface area contributed by atoms with E-state index in [0.717, 1.165) is 31.7 Å². The SMILES string of the molecule is CC1CN(CCC(=O)Nc2ccc3c(c2)CCC3)CC(C)O1.Cl. The second-order valence-corrected chi connectivity index (χ2v) is 6.65. The maximum Gasteiger partial charge on any atom is 0.225 e. The Balaban J connectivity index is 0.00000192. The molecule has 1 amide bonds. The van der Waals surface area contributed by atoms with E-state index in [0.29, 0.717) is 6.42 Å². The van der Waals surface area contributed by atoms with Crippen LogP contribution in [0.3, 0.4) is 0 Å². The van der Waals surface area contributed by atoms with Gasteiger partial charge in [-0.25, -0.2) is 0 Å². The number of aryl methyl sites for hydroxylation is 2. The molecule has 0 saturated carbocycles. The van der Waals surface area contributed by atoms with Crippen LogP contribution in [0.15, 0.2) is 18.2 Å². The van der Waals surface area contributed by atoms with Crippen LogP contribution in [0.5, 0.6) is 0 Å². The number of carbonyl (C=O) groups is 1. The number of hydrogen-bond donors (Lipinski definition) is 1. The lowest BCUT2D eigenvalue weighted by molar-refractivity contribution is -0.117. The van der Waals surface area contributed by atoms with Crippen molar-refractivity contribution in [2.45, 2.75) is 51.7 Å². The number of carbonyl (C=O) groups excluding carboxylic acids is 1. The second kappa shape index (κ2) is 8.13. The Morgan fingerprint density at radius 2 is 1.91 bits per heavy atom. The van der Waals surface area contributed by atoms with Crippen LogP contribution in [0, 0.1) is 0 Å². The van der Waals surface area contributed by atoms with Gasteiger partial charge in [0, 0.05) is 31.7 Å². The quantitative estimate of drug-likeness (QED) is 0.917. The summed E-state index contributed by atoms with van der Waals surface area (Å²) >= 11 is 0. The molecule has 128 valence electrons. The Hall–Kier alpha value is -1.10. The summed E-state index contributed by atoms with van der Waals surface area (Å²) in [4.78, 5) is 14.5. The second-order valence-electron chi connectivity index (χ2n) is 6.65. The number of rotatable bonds is 4. The minimum Gasteiger partial charge on any atom is -0.373 e. The van der Waals surface area contributed by atoms with Crippen molar-refractivity contribution in [1.82, 2.24) is 4.90 Å². The largest absolute Gasteiger partial charge is 0.373 e.